The molecule has 24 heavy (non-hydrogen) atoms. The summed E-state index contributed by atoms with van der Waals surface area (Å²) in [6.45, 7) is 3.28. The maximum absolute atomic E-state index is 12.3. The average molecular weight is 344 g/mol. The third-order valence-electron chi connectivity index (χ3n) is 4.52. The molecular formula is C19H22ClN3O. The Labute approximate surface area is 147 Å². The smallest absolute Gasteiger partial charge is 0.257 e. The normalized spacial score (nSPS) is 17.6. The lowest BCUT2D eigenvalue weighted by Crippen LogP contribution is -2.39. The van der Waals surface area contributed by atoms with E-state index < -0.39 is 0 Å². The summed E-state index contributed by atoms with van der Waals surface area (Å²) in [6.07, 6.45) is 6.57. The highest BCUT2D eigenvalue weighted by molar-refractivity contribution is 6.34. The first-order valence-corrected chi connectivity index (χ1v) is 8.85. The number of hydrogen-bond acceptors (Lipinski definition) is 3. The number of amides is 1. The van der Waals surface area contributed by atoms with Crippen molar-refractivity contribution in [2.24, 2.45) is 0 Å². The molecular weight excluding hydrogens is 322 g/mol. The molecule has 0 radical (unpaired) electrons. The maximum Gasteiger partial charge on any atom is 0.257 e. The van der Waals surface area contributed by atoms with Gasteiger partial charge < -0.3 is 10.2 Å². The lowest BCUT2D eigenvalue weighted by Gasteiger charge is -2.36. The second kappa shape index (κ2) is 7.67. The molecule has 1 unspecified atom stereocenters. The number of aromatic nitrogens is 1. The van der Waals surface area contributed by atoms with Gasteiger partial charge in [0.15, 0.2) is 0 Å². The van der Waals surface area contributed by atoms with Crippen LogP contribution in [0.3, 0.4) is 0 Å². The number of hydrogen-bond donors (Lipinski definition) is 1. The molecule has 2 heterocycles. The average Bonchev–Trinajstić information content (AvgIpc) is 2.62. The first kappa shape index (κ1) is 16.8. The van der Waals surface area contributed by atoms with Gasteiger partial charge in [0.25, 0.3) is 5.91 Å². The molecule has 1 aromatic heterocycles. The highest BCUT2D eigenvalue weighted by Crippen LogP contribution is 2.26. The molecule has 1 atom stereocenters. The Bertz CT molecular complexity index is 702. The third-order valence-corrected chi connectivity index (χ3v) is 4.85. The summed E-state index contributed by atoms with van der Waals surface area (Å²) in [5.41, 5.74) is 1.14. The lowest BCUT2D eigenvalue weighted by atomic mass is 10.00. The van der Waals surface area contributed by atoms with Crippen LogP contribution < -0.4 is 10.2 Å². The van der Waals surface area contributed by atoms with Gasteiger partial charge in [-0.25, -0.2) is 4.98 Å². The first-order chi connectivity index (χ1) is 11.7. The van der Waals surface area contributed by atoms with Gasteiger partial charge in [-0.2, -0.15) is 0 Å². The van der Waals surface area contributed by atoms with Crippen LogP contribution in [0, 0.1) is 0 Å². The molecule has 1 amide bonds. The zero-order valence-corrected chi connectivity index (χ0v) is 14.6. The second-order valence-corrected chi connectivity index (χ2v) is 6.50. The van der Waals surface area contributed by atoms with Gasteiger partial charge in [0.05, 0.1) is 22.5 Å². The molecule has 1 N–H and O–H groups in total. The van der Waals surface area contributed by atoms with Crippen LogP contribution in [-0.2, 0) is 0 Å². The minimum atomic E-state index is -0.223. The fraction of sp³-hybridized carbons (Fsp3) is 0.368. The van der Waals surface area contributed by atoms with E-state index in [-0.39, 0.29) is 5.91 Å². The van der Waals surface area contributed by atoms with Crippen molar-refractivity contribution in [3.63, 3.8) is 0 Å². The Morgan fingerprint density at radius 2 is 2.12 bits per heavy atom. The monoisotopic (exact) mass is 343 g/mol. The number of anilines is 2. The number of carbonyl (C=O) groups is 1. The molecule has 1 aliphatic heterocycles. The van der Waals surface area contributed by atoms with Gasteiger partial charge in [-0.05, 0) is 49.9 Å². The van der Waals surface area contributed by atoms with Gasteiger partial charge in [0.1, 0.15) is 5.82 Å². The summed E-state index contributed by atoms with van der Waals surface area (Å²) in [6, 6.07) is 11.5. The minimum Gasteiger partial charge on any atom is -0.354 e. The molecule has 5 heteroatoms. The largest absolute Gasteiger partial charge is 0.354 e. The molecule has 1 fully saturated rings. The summed E-state index contributed by atoms with van der Waals surface area (Å²) < 4.78 is 0. The van der Waals surface area contributed by atoms with Gasteiger partial charge in [0, 0.05) is 12.6 Å². The van der Waals surface area contributed by atoms with Crippen molar-refractivity contribution in [2.75, 3.05) is 16.8 Å². The molecule has 126 valence electrons. The summed E-state index contributed by atoms with van der Waals surface area (Å²) in [7, 11) is 0. The number of nitrogens with zero attached hydrogens (tertiary/aromatic N) is 2. The van der Waals surface area contributed by atoms with Gasteiger partial charge in [-0.3, -0.25) is 4.79 Å². The van der Waals surface area contributed by atoms with Gasteiger partial charge >= 0.3 is 0 Å². The fourth-order valence-corrected chi connectivity index (χ4v) is 3.42. The predicted octanol–water partition coefficient (Wildman–Crippen LogP) is 4.76. The highest BCUT2D eigenvalue weighted by Gasteiger charge is 2.21. The number of halogens is 1. The molecule has 0 aliphatic carbocycles. The molecule has 4 nitrogen and oxygen atoms in total. The highest BCUT2D eigenvalue weighted by atomic mass is 35.5. The Balaban J connectivity index is 1.70. The topological polar surface area (TPSA) is 45.2 Å². The van der Waals surface area contributed by atoms with Crippen LogP contribution in [0.2, 0.25) is 5.02 Å². The second-order valence-electron chi connectivity index (χ2n) is 6.09. The van der Waals surface area contributed by atoms with Crippen LogP contribution in [0.25, 0.3) is 0 Å². The van der Waals surface area contributed by atoms with Crippen molar-refractivity contribution >= 4 is 29.0 Å². The molecule has 1 aromatic carbocycles. The predicted molar refractivity (Wildman–Crippen MR) is 98.9 cm³/mol. The minimum absolute atomic E-state index is 0.223. The van der Waals surface area contributed by atoms with Gasteiger partial charge in [-0.1, -0.05) is 30.7 Å². The summed E-state index contributed by atoms with van der Waals surface area (Å²) in [4.78, 5) is 19.2. The van der Waals surface area contributed by atoms with Gasteiger partial charge in [-0.15, -0.1) is 0 Å². The van der Waals surface area contributed by atoms with E-state index in [0.29, 0.717) is 22.3 Å². The Morgan fingerprint density at radius 1 is 1.29 bits per heavy atom. The number of pyridine rings is 1. The number of benzene rings is 1. The zero-order chi connectivity index (χ0) is 16.9. The van der Waals surface area contributed by atoms with Crippen molar-refractivity contribution in [1.29, 1.82) is 0 Å². The van der Waals surface area contributed by atoms with E-state index in [0.717, 1.165) is 18.8 Å². The third kappa shape index (κ3) is 3.70. The summed E-state index contributed by atoms with van der Waals surface area (Å²) >= 11 is 6.06. The van der Waals surface area contributed by atoms with Crippen molar-refractivity contribution in [3.8, 4) is 0 Å². The number of nitrogens with one attached hydrogen (secondary N) is 1. The first-order valence-electron chi connectivity index (χ1n) is 8.47. The molecule has 0 saturated carbocycles. The Morgan fingerprint density at radius 3 is 2.83 bits per heavy atom. The number of piperidine rings is 1. The van der Waals surface area contributed by atoms with E-state index in [1.54, 1.807) is 30.5 Å². The van der Waals surface area contributed by atoms with Crippen molar-refractivity contribution in [2.45, 2.75) is 38.6 Å². The summed E-state index contributed by atoms with van der Waals surface area (Å²) in [5, 5.41) is 3.29. The van der Waals surface area contributed by atoms with Crippen LogP contribution in [0.15, 0.2) is 42.6 Å². The zero-order valence-electron chi connectivity index (χ0n) is 13.8. The molecule has 1 saturated heterocycles. The quantitative estimate of drug-likeness (QED) is 0.870. The van der Waals surface area contributed by atoms with Gasteiger partial charge in [0.2, 0.25) is 0 Å². The van der Waals surface area contributed by atoms with Crippen molar-refractivity contribution < 1.29 is 4.79 Å². The Hall–Kier alpha value is -2.07. The molecule has 2 aromatic rings. The molecule has 0 bridgehead atoms. The fourth-order valence-electron chi connectivity index (χ4n) is 3.20. The van der Waals surface area contributed by atoms with E-state index >= 15 is 0 Å². The maximum atomic E-state index is 12.3. The van der Waals surface area contributed by atoms with Crippen molar-refractivity contribution in [3.05, 3.63) is 53.2 Å². The van der Waals surface area contributed by atoms with Crippen LogP contribution in [0.4, 0.5) is 11.5 Å². The Kier molecular flexibility index (Phi) is 5.36. The van der Waals surface area contributed by atoms with E-state index in [9.17, 15) is 4.79 Å². The van der Waals surface area contributed by atoms with Crippen LogP contribution in [0.5, 0.6) is 0 Å². The molecule has 3 rings (SSSR count). The van der Waals surface area contributed by atoms with Crippen LogP contribution in [0.1, 0.15) is 43.0 Å². The summed E-state index contributed by atoms with van der Waals surface area (Å²) in [5.74, 6) is 0.761. The van der Waals surface area contributed by atoms with Crippen LogP contribution in [-0.4, -0.2) is 23.5 Å². The standard InChI is InChI=1S/C19H22ClN3O/c1-2-15-7-5-6-12-23(15)18-11-10-14(13-21-18)22-19(24)16-8-3-4-9-17(16)20/h3-4,8-11,13,15H,2,5-7,12H2,1H3,(H,22,24). The SMILES string of the molecule is CCC1CCCCN1c1ccc(NC(=O)c2ccccc2Cl)cn1. The number of rotatable bonds is 4. The van der Waals surface area contributed by atoms with E-state index in [2.05, 4.69) is 22.1 Å². The van der Waals surface area contributed by atoms with Crippen LogP contribution >= 0.6 is 11.6 Å². The molecule has 0 spiro atoms. The lowest BCUT2D eigenvalue weighted by molar-refractivity contribution is 0.102. The van der Waals surface area contributed by atoms with E-state index in [1.165, 1.54) is 19.3 Å². The molecule has 1 aliphatic rings. The van der Waals surface area contributed by atoms with Crippen molar-refractivity contribution in [1.82, 2.24) is 4.98 Å². The van der Waals surface area contributed by atoms with E-state index in [1.807, 2.05) is 12.1 Å². The number of carbonyl (C=O) groups excluding carboxylic acids is 1. The van der Waals surface area contributed by atoms with E-state index in [4.69, 9.17) is 11.6 Å².